The number of nitrogens with one attached hydrogen (secondary N) is 1. The third kappa shape index (κ3) is 7.42. The van der Waals surface area contributed by atoms with Gasteiger partial charge in [-0.1, -0.05) is 69.1 Å². The van der Waals surface area contributed by atoms with Crippen molar-refractivity contribution < 1.29 is 14.3 Å². The molecule has 0 bridgehead atoms. The Morgan fingerprint density at radius 2 is 1.75 bits per heavy atom. The second-order valence-corrected chi connectivity index (χ2v) is 9.63. The van der Waals surface area contributed by atoms with Gasteiger partial charge in [0.05, 0.1) is 0 Å². The molecule has 0 fully saturated rings. The molecule has 2 amide bonds. The first-order chi connectivity index (χ1) is 15.0. The van der Waals surface area contributed by atoms with Crippen molar-refractivity contribution in [2.24, 2.45) is 0 Å². The number of amides is 2. The van der Waals surface area contributed by atoms with E-state index in [0.717, 1.165) is 6.42 Å². The first kappa shape index (κ1) is 26.0. The van der Waals surface area contributed by atoms with Crippen LogP contribution in [0, 0.1) is 0 Å². The van der Waals surface area contributed by atoms with Gasteiger partial charge in [-0.2, -0.15) is 0 Å². The van der Waals surface area contributed by atoms with Gasteiger partial charge in [-0.15, -0.1) is 0 Å². The highest BCUT2D eigenvalue weighted by molar-refractivity contribution is 6.35. The van der Waals surface area contributed by atoms with Gasteiger partial charge in [0.15, 0.2) is 6.61 Å². The molecule has 0 aliphatic rings. The van der Waals surface area contributed by atoms with Crippen molar-refractivity contribution in [2.75, 3.05) is 13.2 Å². The predicted octanol–water partition coefficient (Wildman–Crippen LogP) is 5.61. The zero-order valence-corrected chi connectivity index (χ0v) is 20.9. The van der Waals surface area contributed by atoms with Crippen LogP contribution in [0.4, 0.5) is 0 Å². The predicted molar refractivity (Wildman–Crippen MR) is 130 cm³/mol. The molecule has 0 aliphatic carbocycles. The summed E-state index contributed by atoms with van der Waals surface area (Å²) in [7, 11) is 0. The number of hydrogen-bond acceptors (Lipinski definition) is 3. The highest BCUT2D eigenvalue weighted by Crippen LogP contribution is 2.25. The van der Waals surface area contributed by atoms with Gasteiger partial charge in [-0.05, 0) is 54.2 Å². The van der Waals surface area contributed by atoms with Gasteiger partial charge in [-0.3, -0.25) is 9.59 Å². The van der Waals surface area contributed by atoms with E-state index in [2.05, 4.69) is 26.1 Å². The molecule has 5 nitrogen and oxygen atoms in total. The van der Waals surface area contributed by atoms with Crippen molar-refractivity contribution in [3.8, 4) is 5.75 Å². The van der Waals surface area contributed by atoms with Gasteiger partial charge in [0.25, 0.3) is 5.91 Å². The maximum atomic E-state index is 13.1. The first-order valence-corrected chi connectivity index (χ1v) is 11.5. The molecule has 0 saturated heterocycles. The monoisotopic (exact) mass is 478 g/mol. The largest absolute Gasteiger partial charge is 0.484 e. The third-order valence-corrected chi connectivity index (χ3v) is 5.74. The number of rotatable bonds is 9. The van der Waals surface area contributed by atoms with Crippen molar-refractivity contribution in [1.29, 1.82) is 0 Å². The summed E-state index contributed by atoms with van der Waals surface area (Å²) in [5, 5.41) is 3.79. The molecular weight excluding hydrogens is 447 g/mol. The highest BCUT2D eigenvalue weighted by Gasteiger charge is 2.27. The summed E-state index contributed by atoms with van der Waals surface area (Å²) in [6.45, 7) is 10.6. The molecule has 2 aromatic carbocycles. The Morgan fingerprint density at radius 3 is 2.31 bits per heavy atom. The molecule has 0 aliphatic heterocycles. The second-order valence-electron chi connectivity index (χ2n) is 8.79. The lowest BCUT2D eigenvalue weighted by Crippen LogP contribution is -2.49. The van der Waals surface area contributed by atoms with Gasteiger partial charge in [0.1, 0.15) is 11.8 Å². The molecule has 0 radical (unpaired) electrons. The number of benzene rings is 2. The van der Waals surface area contributed by atoms with E-state index in [1.165, 1.54) is 10.5 Å². The lowest BCUT2D eigenvalue weighted by molar-refractivity contribution is -0.142. The number of carbonyl (C=O) groups is 2. The van der Waals surface area contributed by atoms with Crippen LogP contribution >= 0.6 is 23.2 Å². The minimum atomic E-state index is -0.687. The summed E-state index contributed by atoms with van der Waals surface area (Å²) < 4.78 is 5.74. The zero-order chi connectivity index (χ0) is 23.9. The number of nitrogens with zero attached hydrogens (tertiary/aromatic N) is 1. The summed E-state index contributed by atoms with van der Waals surface area (Å²) >= 11 is 12.3. The summed E-state index contributed by atoms with van der Waals surface area (Å²) in [6.07, 6.45) is 0.809. The van der Waals surface area contributed by atoms with Gasteiger partial charge in [-0.25, -0.2) is 0 Å². The van der Waals surface area contributed by atoms with Crippen molar-refractivity contribution in [3.05, 3.63) is 63.6 Å². The molecule has 1 N–H and O–H groups in total. The van der Waals surface area contributed by atoms with Crippen LogP contribution in [-0.2, 0) is 21.5 Å². The smallest absolute Gasteiger partial charge is 0.261 e. The molecule has 2 aromatic rings. The van der Waals surface area contributed by atoms with Crippen LogP contribution in [0.5, 0.6) is 5.75 Å². The lowest BCUT2D eigenvalue weighted by Gasteiger charge is -2.29. The van der Waals surface area contributed by atoms with Crippen LogP contribution in [0.15, 0.2) is 42.5 Å². The molecular formula is C25H32Cl2N2O3. The molecule has 7 heteroatoms. The van der Waals surface area contributed by atoms with Gasteiger partial charge < -0.3 is 15.0 Å². The Bertz CT molecular complexity index is 924. The van der Waals surface area contributed by atoms with Crippen LogP contribution in [-0.4, -0.2) is 35.9 Å². The fourth-order valence-electron chi connectivity index (χ4n) is 3.09. The number of ether oxygens (including phenoxy) is 1. The van der Waals surface area contributed by atoms with Gasteiger partial charge in [0.2, 0.25) is 5.91 Å². The average Bonchev–Trinajstić information content (AvgIpc) is 2.74. The van der Waals surface area contributed by atoms with E-state index in [1.807, 2.05) is 31.2 Å². The lowest BCUT2D eigenvalue weighted by atomic mass is 9.87. The van der Waals surface area contributed by atoms with E-state index in [0.29, 0.717) is 27.9 Å². The summed E-state index contributed by atoms with van der Waals surface area (Å²) in [5.41, 5.74) is 1.91. The Morgan fingerprint density at radius 1 is 1.09 bits per heavy atom. The number of carbonyl (C=O) groups excluding carboxylic acids is 2. The normalized spacial score (nSPS) is 12.2. The van der Waals surface area contributed by atoms with Crippen molar-refractivity contribution in [2.45, 2.75) is 59.0 Å². The molecule has 1 unspecified atom stereocenters. The van der Waals surface area contributed by atoms with Gasteiger partial charge in [0, 0.05) is 23.1 Å². The van der Waals surface area contributed by atoms with E-state index in [1.54, 1.807) is 25.1 Å². The van der Waals surface area contributed by atoms with Crippen LogP contribution in [0.2, 0.25) is 10.0 Å². The second kappa shape index (κ2) is 11.6. The Balaban J connectivity index is 2.16. The molecule has 0 heterocycles. The van der Waals surface area contributed by atoms with E-state index >= 15 is 0 Å². The summed E-state index contributed by atoms with van der Waals surface area (Å²) in [4.78, 5) is 27.2. The van der Waals surface area contributed by atoms with Crippen LogP contribution in [0.25, 0.3) is 0 Å². The standard InChI is InChI=1S/C25H32Cl2N2O3/c1-6-13-28-24(31)17(2)29(15-18-7-10-20(26)14-22(18)27)23(30)16-32-21-11-8-19(9-12-21)25(3,4)5/h7-12,14,17H,6,13,15-16H2,1-5H3,(H,28,31). The average molecular weight is 479 g/mol. The zero-order valence-electron chi connectivity index (χ0n) is 19.4. The van der Waals surface area contributed by atoms with E-state index in [-0.39, 0.29) is 30.4 Å². The Hall–Kier alpha value is -2.24. The topological polar surface area (TPSA) is 58.6 Å². The molecule has 0 spiro atoms. The van der Waals surface area contributed by atoms with E-state index in [9.17, 15) is 9.59 Å². The number of hydrogen-bond donors (Lipinski definition) is 1. The summed E-state index contributed by atoms with van der Waals surface area (Å²) in [6, 6.07) is 12.1. The van der Waals surface area contributed by atoms with Crippen LogP contribution in [0.1, 0.15) is 52.2 Å². The Labute approximate surface area is 201 Å². The van der Waals surface area contributed by atoms with E-state index < -0.39 is 6.04 Å². The first-order valence-electron chi connectivity index (χ1n) is 10.8. The molecule has 0 saturated carbocycles. The highest BCUT2D eigenvalue weighted by atomic mass is 35.5. The SMILES string of the molecule is CCCNC(=O)C(C)N(Cc1ccc(Cl)cc1Cl)C(=O)COc1ccc(C(C)(C)C)cc1. The fourth-order valence-corrected chi connectivity index (χ4v) is 3.56. The minimum Gasteiger partial charge on any atom is -0.484 e. The van der Waals surface area contributed by atoms with Gasteiger partial charge >= 0.3 is 0 Å². The molecule has 1 atom stereocenters. The Kier molecular flexibility index (Phi) is 9.41. The quantitative estimate of drug-likeness (QED) is 0.509. The summed E-state index contributed by atoms with van der Waals surface area (Å²) in [5.74, 6) is 0.0637. The van der Waals surface area contributed by atoms with E-state index in [4.69, 9.17) is 27.9 Å². The van der Waals surface area contributed by atoms with Crippen LogP contribution in [0.3, 0.4) is 0 Å². The van der Waals surface area contributed by atoms with Crippen molar-refractivity contribution in [3.63, 3.8) is 0 Å². The number of halogens is 2. The molecule has 32 heavy (non-hydrogen) atoms. The van der Waals surface area contributed by atoms with Crippen molar-refractivity contribution in [1.82, 2.24) is 10.2 Å². The van der Waals surface area contributed by atoms with Crippen molar-refractivity contribution >= 4 is 35.0 Å². The maximum Gasteiger partial charge on any atom is 0.261 e. The van der Waals surface area contributed by atoms with Crippen LogP contribution < -0.4 is 10.1 Å². The minimum absolute atomic E-state index is 0.0320. The third-order valence-electron chi connectivity index (χ3n) is 5.15. The molecule has 0 aromatic heterocycles. The maximum absolute atomic E-state index is 13.1. The molecule has 174 valence electrons. The molecule has 2 rings (SSSR count). The fraction of sp³-hybridized carbons (Fsp3) is 0.440.